The van der Waals surface area contributed by atoms with E-state index < -0.39 is 6.10 Å². The Labute approximate surface area is 484 Å². The zero-order chi connectivity index (χ0) is 56.4. The molecule has 0 aliphatic carbocycles. The molecule has 0 heterocycles. The first-order valence-electron chi connectivity index (χ1n) is 33.6. The summed E-state index contributed by atoms with van der Waals surface area (Å²) in [7, 11) is 0. The molecular weight excluding hydrogens is 961 g/mol. The monoisotopic (exact) mass is 1090 g/mol. The van der Waals surface area contributed by atoms with Crippen molar-refractivity contribution >= 4 is 17.9 Å². The molecule has 0 saturated carbocycles. The summed E-state index contributed by atoms with van der Waals surface area (Å²) in [5.74, 6) is -0.868. The van der Waals surface area contributed by atoms with E-state index in [1.807, 2.05) is 0 Å². The van der Waals surface area contributed by atoms with Crippen molar-refractivity contribution in [1.82, 2.24) is 0 Å². The van der Waals surface area contributed by atoms with Gasteiger partial charge in [0.25, 0.3) is 0 Å². The van der Waals surface area contributed by atoms with E-state index in [0.29, 0.717) is 19.3 Å². The molecule has 0 rings (SSSR count). The molecule has 0 aliphatic heterocycles. The van der Waals surface area contributed by atoms with E-state index in [1.54, 1.807) is 0 Å². The second-order valence-electron chi connectivity index (χ2n) is 22.4. The molecule has 0 N–H and O–H groups in total. The number of carbonyl (C=O) groups is 3. The van der Waals surface area contributed by atoms with Gasteiger partial charge in [0.1, 0.15) is 13.2 Å². The first kappa shape index (κ1) is 74.6. The Bertz CT molecular complexity index is 1480. The van der Waals surface area contributed by atoms with Gasteiger partial charge in [-0.3, -0.25) is 14.4 Å². The molecule has 0 radical (unpaired) electrons. The van der Waals surface area contributed by atoms with Crippen molar-refractivity contribution in [3.05, 3.63) is 85.1 Å². The van der Waals surface area contributed by atoms with Crippen LogP contribution in [0.25, 0.3) is 0 Å². The van der Waals surface area contributed by atoms with Crippen LogP contribution >= 0.6 is 0 Å². The van der Waals surface area contributed by atoms with E-state index in [9.17, 15) is 14.4 Å². The summed E-state index contributed by atoms with van der Waals surface area (Å²) in [6.07, 6.45) is 87.3. The average Bonchev–Trinajstić information content (AvgIpc) is 3.44. The number of hydrogen-bond donors (Lipinski definition) is 0. The van der Waals surface area contributed by atoms with Crippen LogP contribution in [0.3, 0.4) is 0 Å². The molecule has 1 unspecified atom stereocenters. The number of carbonyl (C=O) groups excluding carboxylic acids is 3. The second-order valence-corrected chi connectivity index (χ2v) is 22.4. The van der Waals surface area contributed by atoms with Gasteiger partial charge in [0.15, 0.2) is 6.10 Å². The maximum Gasteiger partial charge on any atom is 0.306 e. The maximum absolute atomic E-state index is 12.9. The predicted octanol–water partition coefficient (Wildman–Crippen LogP) is 23.1. The van der Waals surface area contributed by atoms with Gasteiger partial charge in [-0.25, -0.2) is 0 Å². The van der Waals surface area contributed by atoms with Gasteiger partial charge in [-0.2, -0.15) is 0 Å². The summed E-state index contributed by atoms with van der Waals surface area (Å²) < 4.78 is 17.0. The fourth-order valence-electron chi connectivity index (χ4n) is 9.62. The van der Waals surface area contributed by atoms with Gasteiger partial charge in [-0.15, -0.1) is 0 Å². The Morgan fingerprint density at radius 3 is 0.795 bits per heavy atom. The minimum absolute atomic E-state index is 0.0753. The molecule has 0 saturated heterocycles. The molecule has 0 spiro atoms. The highest BCUT2D eigenvalue weighted by atomic mass is 16.6. The summed E-state index contributed by atoms with van der Waals surface area (Å²) in [5, 5.41) is 0. The summed E-state index contributed by atoms with van der Waals surface area (Å²) in [6.45, 7) is 6.56. The van der Waals surface area contributed by atoms with Crippen LogP contribution in [-0.4, -0.2) is 37.2 Å². The minimum atomic E-state index is -0.779. The molecule has 6 nitrogen and oxygen atoms in total. The molecule has 78 heavy (non-hydrogen) atoms. The minimum Gasteiger partial charge on any atom is -0.462 e. The van der Waals surface area contributed by atoms with Gasteiger partial charge < -0.3 is 14.2 Å². The molecule has 0 fully saturated rings. The van der Waals surface area contributed by atoms with E-state index in [-0.39, 0.29) is 31.1 Å². The van der Waals surface area contributed by atoms with Gasteiger partial charge >= 0.3 is 17.9 Å². The van der Waals surface area contributed by atoms with Crippen molar-refractivity contribution in [3.8, 4) is 0 Å². The highest BCUT2D eigenvalue weighted by Gasteiger charge is 2.19. The van der Waals surface area contributed by atoms with E-state index in [0.717, 1.165) is 96.3 Å². The number of ether oxygens (including phenoxy) is 3. The van der Waals surface area contributed by atoms with Crippen molar-refractivity contribution < 1.29 is 28.6 Å². The summed E-state index contributed by atoms with van der Waals surface area (Å²) in [5.41, 5.74) is 0. The standard InChI is InChI=1S/C72H126O6/c1-4-7-10-13-16-19-22-25-27-29-31-32-33-34-35-36-37-38-39-40-41-43-44-47-50-53-56-59-62-65-71(74)77-68-69(67-76-70(73)64-61-58-55-52-49-46-24-21-18-15-12-9-6-3)78-72(75)66-63-60-57-54-51-48-45-42-30-28-26-23-20-17-14-11-8-5-2/h7,10,16,19,25,27-28,30-32,34-35,37-38,69H,4-6,8-9,11-15,17-18,20-24,26,29,33,36,39-68H2,1-3H3/b10-7-,19-16-,27-25-,30-28-,32-31-,35-34-,38-37-. The van der Waals surface area contributed by atoms with Crippen molar-refractivity contribution in [1.29, 1.82) is 0 Å². The Hall–Kier alpha value is -3.41. The van der Waals surface area contributed by atoms with Gasteiger partial charge in [0.05, 0.1) is 0 Å². The lowest BCUT2D eigenvalue weighted by Gasteiger charge is -2.18. The van der Waals surface area contributed by atoms with E-state index in [1.165, 1.54) is 199 Å². The van der Waals surface area contributed by atoms with Crippen LogP contribution in [0.15, 0.2) is 85.1 Å². The molecule has 0 aromatic carbocycles. The van der Waals surface area contributed by atoms with E-state index >= 15 is 0 Å². The molecule has 0 aromatic heterocycles. The molecule has 450 valence electrons. The van der Waals surface area contributed by atoms with Crippen LogP contribution in [0.2, 0.25) is 0 Å². The summed E-state index contributed by atoms with van der Waals surface area (Å²) in [6, 6.07) is 0. The molecule has 0 bridgehead atoms. The molecule has 0 aliphatic rings. The zero-order valence-electron chi connectivity index (χ0n) is 51.7. The lowest BCUT2D eigenvalue weighted by molar-refractivity contribution is -0.167. The fourth-order valence-corrected chi connectivity index (χ4v) is 9.62. The quantitative estimate of drug-likeness (QED) is 0.0261. The van der Waals surface area contributed by atoms with Gasteiger partial charge in [0, 0.05) is 19.3 Å². The van der Waals surface area contributed by atoms with Crippen molar-refractivity contribution in [2.45, 2.75) is 341 Å². The smallest absolute Gasteiger partial charge is 0.306 e. The maximum atomic E-state index is 12.9. The number of allylic oxidation sites excluding steroid dienone is 14. The van der Waals surface area contributed by atoms with Crippen molar-refractivity contribution in [2.75, 3.05) is 13.2 Å². The van der Waals surface area contributed by atoms with Crippen LogP contribution in [-0.2, 0) is 28.6 Å². The second kappa shape index (κ2) is 66.1. The van der Waals surface area contributed by atoms with Crippen LogP contribution in [0.1, 0.15) is 335 Å². The lowest BCUT2D eigenvalue weighted by atomic mass is 10.0. The Morgan fingerprint density at radius 1 is 0.269 bits per heavy atom. The van der Waals surface area contributed by atoms with E-state index in [2.05, 4.69) is 106 Å². The largest absolute Gasteiger partial charge is 0.462 e. The topological polar surface area (TPSA) is 78.9 Å². The van der Waals surface area contributed by atoms with Gasteiger partial charge in [-0.05, 0) is 96.3 Å². The molecular formula is C72H126O6. The Morgan fingerprint density at radius 2 is 0.500 bits per heavy atom. The fraction of sp³-hybridized carbons (Fsp3) is 0.764. The summed E-state index contributed by atoms with van der Waals surface area (Å²) in [4.78, 5) is 38.3. The van der Waals surface area contributed by atoms with Gasteiger partial charge in [0.2, 0.25) is 0 Å². The number of esters is 3. The third-order valence-corrected chi connectivity index (χ3v) is 14.6. The van der Waals surface area contributed by atoms with Crippen LogP contribution < -0.4 is 0 Å². The van der Waals surface area contributed by atoms with E-state index in [4.69, 9.17) is 14.2 Å². The zero-order valence-corrected chi connectivity index (χ0v) is 51.7. The Kier molecular flexibility index (Phi) is 63.2. The first-order chi connectivity index (χ1) is 38.5. The molecule has 1 atom stereocenters. The van der Waals surface area contributed by atoms with Crippen molar-refractivity contribution in [2.24, 2.45) is 0 Å². The molecule has 6 heteroatoms. The lowest BCUT2D eigenvalue weighted by Crippen LogP contribution is -2.30. The number of rotatable bonds is 61. The SMILES string of the molecule is CC/C=C\C/C=C\C/C=C\C/C=C\C/C=C\C/C=C\CCCCCCCCCCCCC(=O)OCC(COC(=O)CCCCCCCCCCCCCCC)OC(=O)CCCCCCCCC/C=C\CCCCCCCCC. The summed E-state index contributed by atoms with van der Waals surface area (Å²) >= 11 is 0. The van der Waals surface area contributed by atoms with Crippen LogP contribution in [0.5, 0.6) is 0 Å². The molecule has 0 amide bonds. The molecule has 0 aromatic rings. The third-order valence-electron chi connectivity index (χ3n) is 14.6. The first-order valence-corrected chi connectivity index (χ1v) is 33.6. The van der Waals surface area contributed by atoms with Gasteiger partial charge in [-0.1, -0.05) is 305 Å². The van der Waals surface area contributed by atoms with Crippen LogP contribution in [0.4, 0.5) is 0 Å². The van der Waals surface area contributed by atoms with Crippen LogP contribution in [0, 0.1) is 0 Å². The average molecular weight is 1090 g/mol. The normalized spacial score (nSPS) is 12.6. The highest BCUT2D eigenvalue weighted by Crippen LogP contribution is 2.17. The van der Waals surface area contributed by atoms with Crippen molar-refractivity contribution in [3.63, 3.8) is 0 Å². The number of hydrogen-bond acceptors (Lipinski definition) is 6. The Balaban J connectivity index is 4.28. The highest BCUT2D eigenvalue weighted by molar-refractivity contribution is 5.71. The third kappa shape index (κ3) is 63.4. The predicted molar refractivity (Wildman–Crippen MR) is 339 cm³/mol. The number of unbranched alkanes of at least 4 members (excludes halogenated alkanes) is 36.